The number of carboxylic acids is 1. The number of carboxylic acid groups (broad SMARTS) is 1. The molecule has 9 nitrogen and oxygen atoms in total. The van der Waals surface area contributed by atoms with E-state index in [4.69, 9.17) is 20.9 Å². The van der Waals surface area contributed by atoms with E-state index in [0.29, 0.717) is 23.6 Å². The number of nitrogens with one attached hydrogen (secondary N) is 1. The van der Waals surface area contributed by atoms with Crippen molar-refractivity contribution in [1.82, 2.24) is 10.3 Å². The number of amides is 1. The third kappa shape index (κ3) is 6.44. The van der Waals surface area contributed by atoms with E-state index in [1.165, 1.54) is 0 Å². The van der Waals surface area contributed by atoms with Gasteiger partial charge < -0.3 is 26.3 Å². The van der Waals surface area contributed by atoms with Crippen molar-refractivity contribution in [2.45, 2.75) is 24.8 Å². The van der Waals surface area contributed by atoms with Crippen molar-refractivity contribution in [3.8, 4) is 11.3 Å². The smallest absolute Gasteiger partial charge is 0.326 e. The van der Waals surface area contributed by atoms with Crippen LogP contribution in [-0.2, 0) is 4.79 Å². The summed E-state index contributed by atoms with van der Waals surface area (Å²) in [5.41, 5.74) is 13.5. The number of nitrogens with zero attached hydrogens (tertiary/aromatic N) is 2. The molecule has 1 atom stereocenters. The molecule has 0 aliphatic rings. The number of nitrogens with two attached hydrogens (primary N) is 2. The fourth-order valence-electron chi connectivity index (χ4n) is 4.16. The van der Waals surface area contributed by atoms with E-state index in [-0.39, 0.29) is 30.6 Å². The van der Waals surface area contributed by atoms with E-state index in [0.717, 1.165) is 11.1 Å². The fraction of sp³-hybridized carbons (Fsp3) is 0.172. The maximum Gasteiger partial charge on any atom is 0.326 e. The highest BCUT2D eigenvalue weighted by molar-refractivity contribution is 5.99. The minimum absolute atomic E-state index is 0.0569. The molecule has 0 bridgehead atoms. The average molecular weight is 512 g/mol. The summed E-state index contributed by atoms with van der Waals surface area (Å²) in [6.45, 7) is 0.250. The number of rotatable bonds is 11. The Morgan fingerprint density at radius 2 is 1.45 bits per heavy atom. The van der Waals surface area contributed by atoms with Crippen LogP contribution in [0.3, 0.4) is 0 Å². The van der Waals surface area contributed by atoms with E-state index < -0.39 is 17.9 Å². The van der Waals surface area contributed by atoms with E-state index in [1.807, 2.05) is 91.0 Å². The van der Waals surface area contributed by atoms with E-state index in [1.54, 1.807) is 0 Å². The maximum absolute atomic E-state index is 13.4. The summed E-state index contributed by atoms with van der Waals surface area (Å²) in [5.74, 6) is -2.03. The SMILES string of the molecule is NC(N)=NCCC[C@H](NC(=O)c1oc(C(c2ccccc2)c2ccccc2)nc1-c1ccccc1)C(=O)O. The highest BCUT2D eigenvalue weighted by Gasteiger charge is 2.30. The van der Waals surface area contributed by atoms with Gasteiger partial charge in [-0.2, -0.15) is 0 Å². The summed E-state index contributed by atoms with van der Waals surface area (Å²) in [4.78, 5) is 34.0. The Labute approximate surface area is 220 Å². The second kappa shape index (κ2) is 12.4. The van der Waals surface area contributed by atoms with Crippen LogP contribution in [0.5, 0.6) is 0 Å². The number of guanidine groups is 1. The number of hydrogen-bond donors (Lipinski definition) is 4. The molecule has 0 fully saturated rings. The zero-order chi connectivity index (χ0) is 26.9. The molecule has 0 radical (unpaired) electrons. The Hall–Kier alpha value is -4.92. The highest BCUT2D eigenvalue weighted by atomic mass is 16.4. The van der Waals surface area contributed by atoms with Gasteiger partial charge in [-0.3, -0.25) is 9.79 Å². The second-order valence-electron chi connectivity index (χ2n) is 8.66. The Morgan fingerprint density at radius 3 is 1.97 bits per heavy atom. The molecule has 38 heavy (non-hydrogen) atoms. The number of benzene rings is 3. The highest BCUT2D eigenvalue weighted by Crippen LogP contribution is 2.35. The van der Waals surface area contributed by atoms with E-state index in [9.17, 15) is 14.7 Å². The largest absolute Gasteiger partial charge is 0.480 e. The van der Waals surface area contributed by atoms with Crippen LogP contribution in [0.25, 0.3) is 11.3 Å². The van der Waals surface area contributed by atoms with Gasteiger partial charge in [-0.1, -0.05) is 91.0 Å². The Morgan fingerprint density at radius 1 is 0.895 bits per heavy atom. The molecule has 0 aliphatic carbocycles. The van der Waals surface area contributed by atoms with Gasteiger partial charge in [-0.25, -0.2) is 9.78 Å². The summed E-state index contributed by atoms with van der Waals surface area (Å²) >= 11 is 0. The fourth-order valence-corrected chi connectivity index (χ4v) is 4.16. The van der Waals surface area contributed by atoms with Gasteiger partial charge in [-0.05, 0) is 24.0 Å². The second-order valence-corrected chi connectivity index (χ2v) is 8.66. The van der Waals surface area contributed by atoms with Crippen LogP contribution in [0.1, 0.15) is 46.3 Å². The van der Waals surface area contributed by atoms with Crippen molar-refractivity contribution in [1.29, 1.82) is 0 Å². The van der Waals surface area contributed by atoms with Crippen molar-refractivity contribution < 1.29 is 19.1 Å². The van der Waals surface area contributed by atoms with Gasteiger partial charge in [0.05, 0.1) is 5.92 Å². The van der Waals surface area contributed by atoms with Gasteiger partial charge in [0.2, 0.25) is 11.7 Å². The van der Waals surface area contributed by atoms with Crippen LogP contribution in [0, 0.1) is 0 Å². The van der Waals surface area contributed by atoms with Crippen molar-refractivity contribution in [2.24, 2.45) is 16.5 Å². The van der Waals surface area contributed by atoms with Gasteiger partial charge in [0, 0.05) is 12.1 Å². The molecule has 3 aromatic carbocycles. The molecule has 194 valence electrons. The van der Waals surface area contributed by atoms with Crippen molar-refractivity contribution in [3.05, 3.63) is 114 Å². The Bertz CT molecular complexity index is 1350. The third-order valence-corrected chi connectivity index (χ3v) is 5.96. The molecule has 0 unspecified atom stereocenters. The summed E-state index contributed by atoms with van der Waals surface area (Å²) in [6, 6.07) is 27.5. The lowest BCUT2D eigenvalue weighted by atomic mass is 9.91. The summed E-state index contributed by atoms with van der Waals surface area (Å²) in [5, 5.41) is 12.3. The minimum Gasteiger partial charge on any atom is -0.480 e. The number of aliphatic imine (C=N–C) groups is 1. The Balaban J connectivity index is 1.72. The molecule has 6 N–H and O–H groups in total. The van der Waals surface area contributed by atoms with Gasteiger partial charge in [0.1, 0.15) is 11.7 Å². The van der Waals surface area contributed by atoms with Crippen molar-refractivity contribution in [2.75, 3.05) is 6.54 Å². The monoisotopic (exact) mass is 511 g/mol. The zero-order valence-corrected chi connectivity index (χ0v) is 20.7. The Kier molecular flexibility index (Phi) is 8.50. The van der Waals surface area contributed by atoms with Gasteiger partial charge in [0.25, 0.3) is 5.91 Å². The molecule has 0 saturated heterocycles. The number of aromatic nitrogens is 1. The van der Waals surface area contributed by atoms with Gasteiger partial charge >= 0.3 is 5.97 Å². The van der Waals surface area contributed by atoms with Gasteiger partial charge in [-0.15, -0.1) is 0 Å². The average Bonchev–Trinajstić information content (AvgIpc) is 3.37. The third-order valence-electron chi connectivity index (χ3n) is 5.96. The normalized spacial score (nSPS) is 11.6. The summed E-state index contributed by atoms with van der Waals surface area (Å²) in [7, 11) is 0. The lowest BCUT2D eigenvalue weighted by Crippen LogP contribution is -2.41. The van der Waals surface area contributed by atoms with E-state index >= 15 is 0 Å². The minimum atomic E-state index is -1.17. The quantitative estimate of drug-likeness (QED) is 0.136. The first-order chi connectivity index (χ1) is 18.4. The summed E-state index contributed by atoms with van der Waals surface area (Å²) in [6.07, 6.45) is 0.503. The molecular formula is C29H29N5O4. The number of carbonyl (C=O) groups is 2. The maximum atomic E-state index is 13.4. The molecule has 4 aromatic rings. The zero-order valence-electron chi connectivity index (χ0n) is 20.7. The van der Waals surface area contributed by atoms with Crippen LogP contribution in [-0.4, -0.2) is 40.5 Å². The molecule has 0 aliphatic heterocycles. The van der Waals surface area contributed by atoms with Crippen LogP contribution in [0.4, 0.5) is 0 Å². The van der Waals surface area contributed by atoms with Crippen LogP contribution < -0.4 is 16.8 Å². The van der Waals surface area contributed by atoms with Crippen LogP contribution in [0.15, 0.2) is 100 Å². The standard InChI is InChI=1S/C29H29N5O4/c30-29(31)32-18-10-17-22(28(36)37)33-26(35)25-24(21-15-8-3-9-16-21)34-27(38-25)23(19-11-4-1-5-12-19)20-13-6-2-7-14-20/h1-9,11-16,22-23H,10,17-18H2,(H,33,35)(H,36,37)(H4,30,31,32)/t22-/m0/s1. The molecule has 1 amide bonds. The summed E-state index contributed by atoms with van der Waals surface area (Å²) < 4.78 is 6.17. The number of hydrogen-bond acceptors (Lipinski definition) is 5. The first-order valence-electron chi connectivity index (χ1n) is 12.2. The van der Waals surface area contributed by atoms with Crippen LogP contribution >= 0.6 is 0 Å². The van der Waals surface area contributed by atoms with E-state index in [2.05, 4.69) is 10.3 Å². The lowest BCUT2D eigenvalue weighted by molar-refractivity contribution is -0.139. The first-order valence-corrected chi connectivity index (χ1v) is 12.2. The molecule has 4 rings (SSSR count). The molecule has 1 aromatic heterocycles. The first kappa shape index (κ1) is 26.2. The van der Waals surface area contributed by atoms with Gasteiger partial charge in [0.15, 0.2) is 5.96 Å². The molecule has 0 saturated carbocycles. The number of oxazole rings is 1. The molecular weight excluding hydrogens is 482 g/mol. The number of aliphatic carboxylic acids is 1. The topological polar surface area (TPSA) is 157 Å². The number of carbonyl (C=O) groups excluding carboxylic acids is 1. The molecule has 1 heterocycles. The van der Waals surface area contributed by atoms with Crippen LogP contribution in [0.2, 0.25) is 0 Å². The lowest BCUT2D eigenvalue weighted by Gasteiger charge is -2.15. The molecule has 9 heteroatoms. The molecule has 0 spiro atoms. The predicted molar refractivity (Wildman–Crippen MR) is 145 cm³/mol. The van der Waals surface area contributed by atoms with Crippen molar-refractivity contribution in [3.63, 3.8) is 0 Å². The van der Waals surface area contributed by atoms with Crippen molar-refractivity contribution >= 4 is 17.8 Å². The predicted octanol–water partition coefficient (Wildman–Crippen LogP) is 3.76.